The van der Waals surface area contributed by atoms with Gasteiger partial charge in [0.1, 0.15) is 11.6 Å². The molecule has 5 heteroatoms. The molecule has 0 atom stereocenters. The van der Waals surface area contributed by atoms with Gasteiger partial charge in [0.05, 0.1) is 5.56 Å². The average Bonchev–Trinajstić information content (AvgIpc) is 2.08. The molecular formula is C8H6F2O3. The molecule has 0 heterocycles. The van der Waals surface area contributed by atoms with Crippen LogP contribution in [0, 0.1) is 11.6 Å². The van der Waals surface area contributed by atoms with Crippen LogP contribution < -0.4 is 0 Å². The molecule has 0 aromatic heterocycles. The van der Waals surface area contributed by atoms with Gasteiger partial charge in [0.2, 0.25) is 12.1 Å². The van der Waals surface area contributed by atoms with Crippen molar-refractivity contribution in [2.24, 2.45) is 0 Å². The number of hydrogen-bond donors (Lipinski definition) is 2. The fourth-order valence-electron chi connectivity index (χ4n) is 0.825. The zero-order valence-electron chi connectivity index (χ0n) is 6.37. The number of rotatable bonds is 2. The van der Waals surface area contributed by atoms with Gasteiger partial charge in [0.25, 0.3) is 0 Å². The molecule has 0 aliphatic rings. The molecule has 1 aromatic rings. The lowest BCUT2D eigenvalue weighted by atomic mass is 10.1. The minimum Gasteiger partial charge on any atom is -0.362 e. The summed E-state index contributed by atoms with van der Waals surface area (Å²) in [5, 5.41) is 16.8. The largest absolute Gasteiger partial charge is 0.362 e. The second-order valence-corrected chi connectivity index (χ2v) is 2.36. The van der Waals surface area contributed by atoms with E-state index in [0.29, 0.717) is 6.07 Å². The van der Waals surface area contributed by atoms with Crippen LogP contribution in [0.2, 0.25) is 0 Å². The lowest BCUT2D eigenvalue weighted by molar-refractivity contribution is -0.0198. The van der Waals surface area contributed by atoms with Crippen LogP contribution in [-0.4, -0.2) is 22.3 Å². The molecule has 0 amide bonds. The summed E-state index contributed by atoms with van der Waals surface area (Å²) in [7, 11) is 0. The molecule has 0 saturated carbocycles. The number of halogens is 2. The molecule has 0 saturated heterocycles. The molecule has 3 nitrogen and oxygen atoms in total. The molecule has 0 fully saturated rings. The molecule has 0 unspecified atom stereocenters. The van der Waals surface area contributed by atoms with E-state index in [-0.39, 0.29) is 0 Å². The van der Waals surface area contributed by atoms with E-state index >= 15 is 0 Å². The summed E-state index contributed by atoms with van der Waals surface area (Å²) in [6.45, 7) is 0. The van der Waals surface area contributed by atoms with Crippen molar-refractivity contribution in [2.45, 2.75) is 6.29 Å². The Kier molecular flexibility index (Phi) is 2.69. The van der Waals surface area contributed by atoms with Gasteiger partial charge in [-0.25, -0.2) is 8.78 Å². The Hall–Kier alpha value is -1.33. The van der Waals surface area contributed by atoms with Gasteiger partial charge in [0.15, 0.2) is 0 Å². The Balaban J connectivity index is 3.13. The average molecular weight is 188 g/mol. The van der Waals surface area contributed by atoms with E-state index in [1.54, 1.807) is 0 Å². The topological polar surface area (TPSA) is 57.5 Å². The first-order valence-corrected chi connectivity index (χ1v) is 3.38. The number of carbonyl (C=O) groups excluding carboxylic acids is 1. The maximum atomic E-state index is 12.8. The van der Waals surface area contributed by atoms with Crippen LogP contribution >= 0.6 is 0 Å². The molecule has 0 aliphatic carbocycles. The highest BCUT2D eigenvalue weighted by Gasteiger charge is 2.18. The van der Waals surface area contributed by atoms with Crippen molar-refractivity contribution >= 4 is 5.78 Å². The highest BCUT2D eigenvalue weighted by atomic mass is 19.1. The number of hydrogen-bond acceptors (Lipinski definition) is 3. The van der Waals surface area contributed by atoms with Gasteiger partial charge in [-0.05, 0) is 18.2 Å². The zero-order chi connectivity index (χ0) is 10.0. The van der Waals surface area contributed by atoms with Crippen molar-refractivity contribution in [3.8, 4) is 0 Å². The monoisotopic (exact) mass is 188 g/mol. The molecule has 2 N–H and O–H groups in total. The lowest BCUT2D eigenvalue weighted by Crippen LogP contribution is -2.20. The number of carbonyl (C=O) groups is 1. The van der Waals surface area contributed by atoms with Crippen LogP contribution in [0.4, 0.5) is 8.78 Å². The smallest absolute Gasteiger partial charge is 0.221 e. The van der Waals surface area contributed by atoms with Gasteiger partial charge < -0.3 is 10.2 Å². The predicted octanol–water partition coefficient (Wildman–Crippen LogP) is 0.458. The predicted molar refractivity (Wildman–Crippen MR) is 38.9 cm³/mol. The number of aliphatic hydroxyl groups excluding tert-OH is 1. The zero-order valence-corrected chi connectivity index (χ0v) is 6.37. The third-order valence-corrected chi connectivity index (χ3v) is 1.43. The fourth-order valence-corrected chi connectivity index (χ4v) is 0.825. The fraction of sp³-hybridized carbons (Fsp3) is 0.125. The van der Waals surface area contributed by atoms with Crippen molar-refractivity contribution in [2.75, 3.05) is 0 Å². The molecule has 1 rings (SSSR count). The minimum absolute atomic E-state index is 0.608. The molecular weight excluding hydrogens is 182 g/mol. The van der Waals surface area contributed by atoms with Crippen LogP contribution in [-0.2, 0) is 0 Å². The molecule has 1 aromatic carbocycles. The Morgan fingerprint density at radius 3 is 2.46 bits per heavy atom. The van der Waals surface area contributed by atoms with Crippen molar-refractivity contribution in [3.05, 3.63) is 35.4 Å². The molecule has 0 spiro atoms. The quantitative estimate of drug-likeness (QED) is 0.523. The maximum Gasteiger partial charge on any atom is 0.221 e. The van der Waals surface area contributed by atoms with E-state index < -0.39 is 29.3 Å². The summed E-state index contributed by atoms with van der Waals surface area (Å²) in [4.78, 5) is 10.8. The van der Waals surface area contributed by atoms with E-state index in [4.69, 9.17) is 10.2 Å². The Bertz CT molecular complexity index is 336. The number of Topliss-reactive ketones (excluding diaryl/α,β-unsaturated/α-hetero) is 1. The molecule has 70 valence electrons. The number of aliphatic hydroxyl groups is 2. The Labute approximate surface area is 72.2 Å². The summed E-state index contributed by atoms with van der Waals surface area (Å²) in [6, 6.07) is 2.18. The first-order valence-electron chi connectivity index (χ1n) is 3.38. The SMILES string of the molecule is O=C(c1cc(F)ccc1F)C(O)O. The first-order chi connectivity index (χ1) is 6.02. The van der Waals surface area contributed by atoms with Crippen LogP contribution in [0.25, 0.3) is 0 Å². The van der Waals surface area contributed by atoms with Gasteiger partial charge in [-0.15, -0.1) is 0 Å². The van der Waals surface area contributed by atoms with E-state index in [2.05, 4.69) is 0 Å². The first kappa shape index (κ1) is 9.76. The van der Waals surface area contributed by atoms with Crippen molar-refractivity contribution in [1.29, 1.82) is 0 Å². The van der Waals surface area contributed by atoms with Crippen LogP contribution in [0.1, 0.15) is 10.4 Å². The number of ketones is 1. The van der Waals surface area contributed by atoms with Crippen LogP contribution in [0.3, 0.4) is 0 Å². The molecule has 0 bridgehead atoms. The van der Waals surface area contributed by atoms with Crippen molar-refractivity contribution in [1.82, 2.24) is 0 Å². The highest BCUT2D eigenvalue weighted by molar-refractivity contribution is 5.98. The van der Waals surface area contributed by atoms with Gasteiger partial charge in [-0.2, -0.15) is 0 Å². The normalized spacial score (nSPS) is 10.5. The van der Waals surface area contributed by atoms with Gasteiger partial charge in [-0.3, -0.25) is 4.79 Å². The molecule has 0 aliphatic heterocycles. The van der Waals surface area contributed by atoms with Gasteiger partial charge in [0, 0.05) is 0 Å². The minimum atomic E-state index is -2.32. The van der Waals surface area contributed by atoms with Crippen molar-refractivity contribution in [3.63, 3.8) is 0 Å². The van der Waals surface area contributed by atoms with Gasteiger partial charge >= 0.3 is 0 Å². The van der Waals surface area contributed by atoms with Gasteiger partial charge in [-0.1, -0.05) is 0 Å². The Morgan fingerprint density at radius 1 is 1.31 bits per heavy atom. The van der Waals surface area contributed by atoms with Crippen LogP contribution in [0.15, 0.2) is 18.2 Å². The Morgan fingerprint density at radius 2 is 1.92 bits per heavy atom. The third kappa shape index (κ3) is 2.07. The second kappa shape index (κ2) is 3.59. The lowest BCUT2D eigenvalue weighted by Gasteiger charge is -2.03. The van der Waals surface area contributed by atoms with Crippen molar-refractivity contribution < 1.29 is 23.8 Å². The summed E-state index contributed by atoms with van der Waals surface area (Å²) in [5.74, 6) is -3.07. The number of benzene rings is 1. The molecule has 13 heavy (non-hydrogen) atoms. The third-order valence-electron chi connectivity index (χ3n) is 1.43. The van der Waals surface area contributed by atoms with E-state index in [9.17, 15) is 13.6 Å². The summed E-state index contributed by atoms with van der Waals surface area (Å²) < 4.78 is 25.3. The molecule has 0 radical (unpaired) electrons. The second-order valence-electron chi connectivity index (χ2n) is 2.36. The van der Waals surface area contributed by atoms with Crippen LogP contribution in [0.5, 0.6) is 0 Å². The summed E-state index contributed by atoms with van der Waals surface area (Å²) >= 11 is 0. The maximum absolute atomic E-state index is 12.8. The standard InChI is InChI=1S/C8H6F2O3/c9-4-1-2-6(10)5(3-4)7(11)8(12)13/h1-3,8,12-13H. The summed E-state index contributed by atoms with van der Waals surface area (Å²) in [6.07, 6.45) is -2.32. The highest BCUT2D eigenvalue weighted by Crippen LogP contribution is 2.11. The summed E-state index contributed by atoms with van der Waals surface area (Å²) in [5.41, 5.74) is -0.671. The van der Waals surface area contributed by atoms with E-state index in [1.807, 2.05) is 0 Å². The van der Waals surface area contributed by atoms with E-state index in [0.717, 1.165) is 12.1 Å². The van der Waals surface area contributed by atoms with E-state index in [1.165, 1.54) is 0 Å².